The van der Waals surface area contributed by atoms with Crippen molar-refractivity contribution in [1.82, 2.24) is 0 Å². The molecule has 1 unspecified atom stereocenters. The molecule has 2 aromatic carbocycles. The van der Waals surface area contributed by atoms with Gasteiger partial charge in [0.1, 0.15) is 5.75 Å². The van der Waals surface area contributed by atoms with Crippen LogP contribution in [0.25, 0.3) is 10.8 Å². The number of hydrogen-bond donors (Lipinski definition) is 4. The predicted octanol–water partition coefficient (Wildman–Crippen LogP) is 0.955. The Morgan fingerprint density at radius 1 is 1.16 bits per heavy atom. The summed E-state index contributed by atoms with van der Waals surface area (Å²) < 4.78 is 51.0. The molecule has 5 N–H and O–H groups in total. The summed E-state index contributed by atoms with van der Waals surface area (Å²) in [7, 11) is -4.46. The molecule has 19 heavy (non-hydrogen) atoms. The lowest BCUT2D eigenvalue weighted by Gasteiger charge is -2.08. The molecule has 0 aromatic heterocycles. The molecule has 2 aromatic rings. The highest BCUT2D eigenvalue weighted by Crippen LogP contribution is 2.34. The topological polar surface area (TPSA) is 138 Å². The minimum Gasteiger partial charge on any atom is -0.507 e. The standard InChI is InChI=1S/C10H9NO6S2/c11-8-4-7(19(15,16)17)2-5-1-6(18(13)14)3-9(12)10(5)8/h1-4,12H,11H2,(H,13,14)(H,15,16,17). The first-order chi connectivity index (χ1) is 8.70. The Hall–Kier alpha value is -1.68. The Bertz CT molecular complexity index is 799. The number of anilines is 1. The summed E-state index contributed by atoms with van der Waals surface area (Å²) in [5.41, 5.74) is 5.54. The fourth-order valence-electron chi connectivity index (χ4n) is 1.72. The average molecular weight is 303 g/mol. The summed E-state index contributed by atoms with van der Waals surface area (Å²) in [4.78, 5) is -0.574. The van der Waals surface area contributed by atoms with Gasteiger partial charge < -0.3 is 15.4 Å². The van der Waals surface area contributed by atoms with Crippen LogP contribution in [0.1, 0.15) is 0 Å². The van der Waals surface area contributed by atoms with Crippen LogP contribution in [-0.2, 0) is 21.2 Å². The van der Waals surface area contributed by atoms with E-state index in [2.05, 4.69) is 0 Å². The molecule has 0 aliphatic rings. The Kier molecular flexibility index (Phi) is 3.22. The lowest BCUT2D eigenvalue weighted by atomic mass is 10.1. The zero-order chi connectivity index (χ0) is 14.4. The normalized spacial score (nSPS) is 13.6. The Balaban J connectivity index is 2.90. The Morgan fingerprint density at radius 3 is 2.32 bits per heavy atom. The fraction of sp³-hybridized carbons (Fsp3) is 0. The molecule has 0 heterocycles. The molecule has 0 fully saturated rings. The first kappa shape index (κ1) is 13.7. The van der Waals surface area contributed by atoms with Gasteiger partial charge in [-0.25, -0.2) is 4.21 Å². The third-order valence-electron chi connectivity index (χ3n) is 2.51. The van der Waals surface area contributed by atoms with E-state index in [0.29, 0.717) is 0 Å². The van der Waals surface area contributed by atoms with Gasteiger partial charge in [-0.1, -0.05) is 0 Å². The minimum absolute atomic E-state index is 0.0714. The quantitative estimate of drug-likeness (QED) is 0.368. The summed E-state index contributed by atoms with van der Waals surface area (Å²) in [5.74, 6) is -0.353. The molecule has 0 bridgehead atoms. The van der Waals surface area contributed by atoms with Gasteiger partial charge in [-0.3, -0.25) is 4.55 Å². The van der Waals surface area contributed by atoms with Crippen molar-refractivity contribution in [2.45, 2.75) is 9.79 Å². The number of phenols is 1. The predicted molar refractivity (Wildman–Crippen MR) is 68.9 cm³/mol. The van der Waals surface area contributed by atoms with E-state index in [1.54, 1.807) is 0 Å². The Labute approximate surface area is 110 Å². The maximum Gasteiger partial charge on any atom is 0.294 e. The van der Waals surface area contributed by atoms with Crippen LogP contribution in [0.2, 0.25) is 0 Å². The van der Waals surface area contributed by atoms with E-state index in [1.807, 2.05) is 0 Å². The molecule has 0 saturated heterocycles. The maximum atomic E-state index is 11.1. The number of phenolic OH excluding ortho intramolecular Hbond substituents is 1. The van der Waals surface area contributed by atoms with Gasteiger partial charge in [0.15, 0.2) is 11.1 Å². The van der Waals surface area contributed by atoms with Crippen molar-refractivity contribution >= 4 is 37.7 Å². The minimum atomic E-state index is -4.46. The smallest absolute Gasteiger partial charge is 0.294 e. The van der Waals surface area contributed by atoms with Gasteiger partial charge in [0.05, 0.1) is 9.79 Å². The molecule has 102 valence electrons. The summed E-state index contributed by atoms with van der Waals surface area (Å²) >= 11 is -2.34. The highest BCUT2D eigenvalue weighted by molar-refractivity contribution is 7.85. The second-order valence-corrected chi connectivity index (χ2v) is 6.17. The van der Waals surface area contributed by atoms with Crippen LogP contribution in [0.3, 0.4) is 0 Å². The van der Waals surface area contributed by atoms with Crippen molar-refractivity contribution in [1.29, 1.82) is 0 Å². The molecular formula is C10H9NO6S2. The van der Waals surface area contributed by atoms with Gasteiger partial charge in [-0.2, -0.15) is 8.42 Å². The van der Waals surface area contributed by atoms with Crippen LogP contribution in [0.15, 0.2) is 34.1 Å². The van der Waals surface area contributed by atoms with Gasteiger partial charge in [0.25, 0.3) is 10.1 Å². The molecule has 0 spiro atoms. The first-order valence-electron chi connectivity index (χ1n) is 4.85. The molecule has 9 heteroatoms. The van der Waals surface area contributed by atoms with Gasteiger partial charge in [-0.15, -0.1) is 0 Å². The van der Waals surface area contributed by atoms with Crippen LogP contribution in [0, 0.1) is 0 Å². The van der Waals surface area contributed by atoms with Crippen molar-refractivity contribution < 1.29 is 26.8 Å². The number of nitrogen functional groups attached to an aromatic ring is 1. The van der Waals surface area contributed by atoms with Crippen LogP contribution < -0.4 is 5.73 Å². The number of aromatic hydroxyl groups is 1. The van der Waals surface area contributed by atoms with E-state index in [1.165, 1.54) is 6.07 Å². The molecule has 0 aliphatic carbocycles. The molecule has 0 amide bonds. The van der Waals surface area contributed by atoms with E-state index in [0.717, 1.165) is 18.2 Å². The van der Waals surface area contributed by atoms with E-state index in [9.17, 15) is 17.7 Å². The maximum absolute atomic E-state index is 11.1. The van der Waals surface area contributed by atoms with Gasteiger partial charge in [-0.05, 0) is 29.7 Å². The SMILES string of the molecule is Nc1cc(S(=O)(=O)O)cc2cc(S(=O)O)cc(O)c12. The highest BCUT2D eigenvalue weighted by Gasteiger charge is 2.16. The van der Waals surface area contributed by atoms with E-state index < -0.39 is 26.1 Å². The van der Waals surface area contributed by atoms with Gasteiger partial charge in [0, 0.05) is 11.1 Å². The van der Waals surface area contributed by atoms with Crippen LogP contribution in [-0.4, -0.2) is 26.8 Å². The number of benzene rings is 2. The zero-order valence-corrected chi connectivity index (χ0v) is 10.9. The molecule has 2 rings (SSSR count). The van der Waals surface area contributed by atoms with E-state index in [4.69, 9.17) is 14.8 Å². The zero-order valence-electron chi connectivity index (χ0n) is 9.27. The first-order valence-corrected chi connectivity index (χ1v) is 7.39. The second-order valence-electron chi connectivity index (χ2n) is 3.78. The van der Waals surface area contributed by atoms with E-state index in [-0.39, 0.29) is 27.1 Å². The number of fused-ring (bicyclic) bond motifs is 1. The molecule has 0 saturated carbocycles. The van der Waals surface area contributed by atoms with Crippen LogP contribution >= 0.6 is 0 Å². The molecule has 0 radical (unpaired) electrons. The number of hydrogen-bond acceptors (Lipinski definition) is 5. The molecule has 1 atom stereocenters. The summed E-state index contributed by atoms with van der Waals surface area (Å²) in [6.07, 6.45) is 0. The lowest BCUT2D eigenvalue weighted by Crippen LogP contribution is -2.00. The molecule has 7 nitrogen and oxygen atoms in total. The lowest BCUT2D eigenvalue weighted by molar-refractivity contribution is 0.478. The van der Waals surface area contributed by atoms with Crippen molar-refractivity contribution in [3.8, 4) is 5.75 Å². The van der Waals surface area contributed by atoms with Crippen molar-refractivity contribution in [3.05, 3.63) is 24.3 Å². The monoisotopic (exact) mass is 303 g/mol. The summed E-state index contributed by atoms with van der Waals surface area (Å²) in [6, 6.07) is 4.31. The summed E-state index contributed by atoms with van der Waals surface area (Å²) in [6.45, 7) is 0. The Morgan fingerprint density at radius 2 is 1.79 bits per heavy atom. The average Bonchev–Trinajstić information content (AvgIpc) is 2.26. The number of rotatable bonds is 2. The van der Waals surface area contributed by atoms with E-state index >= 15 is 0 Å². The third kappa shape index (κ3) is 2.54. The van der Waals surface area contributed by atoms with Gasteiger partial charge >= 0.3 is 0 Å². The fourth-order valence-corrected chi connectivity index (χ4v) is 2.71. The van der Waals surface area contributed by atoms with Crippen LogP contribution in [0.4, 0.5) is 5.69 Å². The summed E-state index contributed by atoms with van der Waals surface area (Å²) in [5, 5.41) is 10.0. The van der Waals surface area contributed by atoms with Crippen molar-refractivity contribution in [2.75, 3.05) is 5.73 Å². The van der Waals surface area contributed by atoms with Crippen LogP contribution in [0.5, 0.6) is 5.75 Å². The third-order valence-corrected chi connectivity index (χ3v) is 3.98. The highest BCUT2D eigenvalue weighted by atomic mass is 32.2. The molecular weight excluding hydrogens is 294 g/mol. The second kappa shape index (κ2) is 4.46. The molecule has 0 aliphatic heterocycles. The number of nitrogens with two attached hydrogens (primary N) is 1. The van der Waals surface area contributed by atoms with Gasteiger partial charge in [0.2, 0.25) is 0 Å². The largest absolute Gasteiger partial charge is 0.507 e. The van der Waals surface area contributed by atoms with Crippen molar-refractivity contribution in [3.63, 3.8) is 0 Å². The van der Waals surface area contributed by atoms with Crippen molar-refractivity contribution in [2.24, 2.45) is 0 Å².